The lowest BCUT2D eigenvalue weighted by Gasteiger charge is -2.49. The second kappa shape index (κ2) is 12.8. The smallest absolute Gasteiger partial charge is 0.352 e. The zero-order valence-corrected chi connectivity index (χ0v) is 26.1. The van der Waals surface area contributed by atoms with Crippen LogP contribution >= 0.6 is 23.5 Å². The van der Waals surface area contributed by atoms with Crippen molar-refractivity contribution < 1.29 is 24.3 Å². The van der Waals surface area contributed by atoms with Crippen molar-refractivity contribution in [3.63, 3.8) is 0 Å². The maximum Gasteiger partial charge on any atom is 0.352 e. The van der Waals surface area contributed by atoms with Gasteiger partial charge in [0, 0.05) is 18.1 Å². The van der Waals surface area contributed by atoms with Crippen molar-refractivity contribution in [2.45, 2.75) is 36.1 Å². The van der Waals surface area contributed by atoms with Crippen LogP contribution in [0.3, 0.4) is 0 Å². The van der Waals surface area contributed by atoms with Crippen molar-refractivity contribution in [3.05, 3.63) is 103 Å². The van der Waals surface area contributed by atoms with Crippen LogP contribution < -0.4 is 27.4 Å². The van der Waals surface area contributed by atoms with Crippen molar-refractivity contribution in [3.8, 4) is 0 Å². The predicted molar refractivity (Wildman–Crippen MR) is 171 cm³/mol. The number of fused-ring (bicyclic) bond motifs is 2. The highest BCUT2D eigenvalue weighted by molar-refractivity contribution is 8.01. The lowest BCUT2D eigenvalue weighted by atomic mass is 10.0. The van der Waals surface area contributed by atoms with Gasteiger partial charge in [-0.3, -0.25) is 28.6 Å². The molecule has 6 rings (SSSR count). The van der Waals surface area contributed by atoms with Crippen LogP contribution in [-0.4, -0.2) is 81.1 Å². The first-order valence-corrected chi connectivity index (χ1v) is 16.2. The van der Waals surface area contributed by atoms with E-state index < -0.39 is 58.1 Å². The summed E-state index contributed by atoms with van der Waals surface area (Å²) in [6.07, 6.45) is 0. The van der Waals surface area contributed by atoms with Gasteiger partial charge in [-0.2, -0.15) is 0 Å². The van der Waals surface area contributed by atoms with E-state index in [4.69, 9.17) is 0 Å². The van der Waals surface area contributed by atoms with Gasteiger partial charge in [0.05, 0.1) is 11.0 Å². The van der Waals surface area contributed by atoms with Gasteiger partial charge in [-0.05, 0) is 30.2 Å². The normalized spacial score (nSPS) is 18.0. The van der Waals surface area contributed by atoms with Crippen LogP contribution in [0.4, 0.5) is 4.79 Å². The number of rotatable bonds is 9. The topological polar surface area (TPSA) is 221 Å². The molecule has 0 radical (unpaired) electrons. The Balaban J connectivity index is 1.21. The Labute approximate surface area is 272 Å². The van der Waals surface area contributed by atoms with Crippen LogP contribution in [0.2, 0.25) is 0 Å². The molecule has 2 aromatic heterocycles. The van der Waals surface area contributed by atoms with Gasteiger partial charge < -0.3 is 20.7 Å². The first kappa shape index (κ1) is 31.6. The highest BCUT2D eigenvalue weighted by Crippen LogP contribution is 2.41. The number of nitrogens with one attached hydrogen (secondary N) is 4. The number of aromatic nitrogens is 5. The van der Waals surface area contributed by atoms with E-state index in [1.165, 1.54) is 16.3 Å². The second-order valence-corrected chi connectivity index (χ2v) is 12.5. The fourth-order valence-corrected chi connectivity index (χ4v) is 7.87. The van der Waals surface area contributed by atoms with Crippen LogP contribution in [0.15, 0.2) is 85.4 Å². The van der Waals surface area contributed by atoms with Gasteiger partial charge in [0.2, 0.25) is 5.91 Å². The molecule has 3 amide bonds. The maximum atomic E-state index is 13.7. The molecule has 242 valence electrons. The van der Waals surface area contributed by atoms with E-state index in [9.17, 15) is 38.7 Å². The lowest BCUT2D eigenvalue weighted by Crippen LogP contribution is -2.71. The minimum absolute atomic E-state index is 0.0654. The molecule has 16 nitrogen and oxygen atoms in total. The molecular formula is C29H26N8O8S2. The van der Waals surface area contributed by atoms with E-state index in [0.29, 0.717) is 22.2 Å². The SMILES string of the molecule is CCn1c(SCC2=C(C(=O)O)N3C(=O)C(NC(=O)C(NC(=O)n4c(=O)[nH]c5ccccc54)c4ccccc4)[C@@H]3SC2)n[nH]c(=O)c1=O. The van der Waals surface area contributed by atoms with Gasteiger partial charge in [-0.25, -0.2) is 24.0 Å². The fraction of sp³-hybridized carbons (Fsp3) is 0.241. The number of carboxylic acid groups (broad SMARTS) is 1. The Bertz CT molecular complexity index is 2140. The molecule has 1 fully saturated rings. The fourth-order valence-electron chi connectivity index (χ4n) is 5.38. The van der Waals surface area contributed by atoms with E-state index in [-0.39, 0.29) is 28.9 Å². The number of para-hydroxylation sites is 2. The van der Waals surface area contributed by atoms with E-state index in [2.05, 4.69) is 25.8 Å². The van der Waals surface area contributed by atoms with Crippen molar-refractivity contribution in [1.82, 2.24) is 39.8 Å². The first-order valence-electron chi connectivity index (χ1n) is 14.2. The molecule has 47 heavy (non-hydrogen) atoms. The number of β-lactam (4-membered cyclic amide) rings is 1. The number of thioether (sulfide) groups is 2. The summed E-state index contributed by atoms with van der Waals surface area (Å²) in [5, 5.41) is 20.8. The number of hydrogen-bond donors (Lipinski definition) is 5. The number of H-pyrrole nitrogens is 2. The Morgan fingerprint density at radius 3 is 2.53 bits per heavy atom. The third kappa shape index (κ3) is 5.76. The molecule has 18 heteroatoms. The van der Waals surface area contributed by atoms with Crippen LogP contribution in [0.25, 0.3) is 11.0 Å². The number of aliphatic carboxylic acids is 1. The third-order valence-corrected chi connectivity index (χ3v) is 10.0. The quantitative estimate of drug-likeness (QED) is 0.0928. The van der Waals surface area contributed by atoms with Gasteiger partial charge in [-0.1, -0.05) is 54.2 Å². The summed E-state index contributed by atoms with van der Waals surface area (Å²) in [5.74, 6) is -2.48. The molecule has 0 saturated carbocycles. The lowest BCUT2D eigenvalue weighted by molar-refractivity contribution is -0.151. The van der Waals surface area contributed by atoms with Crippen molar-refractivity contribution >= 4 is 58.4 Å². The minimum Gasteiger partial charge on any atom is -0.477 e. The van der Waals surface area contributed by atoms with Crippen LogP contribution in [-0.2, 0) is 20.9 Å². The second-order valence-electron chi connectivity index (χ2n) is 10.4. The van der Waals surface area contributed by atoms with Gasteiger partial charge in [0.1, 0.15) is 23.2 Å². The van der Waals surface area contributed by atoms with E-state index >= 15 is 0 Å². The van der Waals surface area contributed by atoms with Gasteiger partial charge in [0.25, 0.3) is 5.91 Å². The van der Waals surface area contributed by atoms with Gasteiger partial charge in [-0.15, -0.1) is 16.9 Å². The minimum atomic E-state index is -1.34. The number of carboxylic acids is 1. The summed E-state index contributed by atoms with van der Waals surface area (Å²) in [4.78, 5) is 92.9. The molecule has 5 N–H and O–H groups in total. The molecule has 2 aliphatic heterocycles. The van der Waals surface area contributed by atoms with E-state index in [1.807, 2.05) is 0 Å². The number of amides is 3. The number of hydrogen-bond acceptors (Lipinski definition) is 10. The number of benzene rings is 2. The standard InChI is InChI=1S/C29H26N8O8S2/c1-2-35-24(41)22(39)33-34-29(35)47-13-15-12-46-25-19(23(40)37(25)20(15)26(42)43)31-21(38)18(14-8-4-3-5-9-14)32-28(45)36-17-11-7-6-10-16(17)30-27(36)44/h3-11,18-19,25H,2,12-13H2,1H3,(H,30,44)(H,31,38)(H,32,45)(H,33,39)(H,42,43)/t18?,19?,25-/m0/s1. The van der Waals surface area contributed by atoms with Crippen LogP contribution in [0, 0.1) is 0 Å². The molecule has 0 aliphatic carbocycles. The van der Waals surface area contributed by atoms with Crippen LogP contribution in [0.1, 0.15) is 18.5 Å². The first-order chi connectivity index (χ1) is 22.6. The molecular weight excluding hydrogens is 653 g/mol. The summed E-state index contributed by atoms with van der Waals surface area (Å²) in [5.41, 5.74) is -1.08. The van der Waals surface area contributed by atoms with Crippen molar-refractivity contribution in [2.24, 2.45) is 0 Å². The molecule has 2 aliphatic rings. The number of carbonyl (C=O) groups is 4. The number of aromatic amines is 2. The summed E-state index contributed by atoms with van der Waals surface area (Å²) in [6.45, 7) is 1.84. The molecule has 2 unspecified atom stereocenters. The van der Waals surface area contributed by atoms with Crippen molar-refractivity contribution in [2.75, 3.05) is 11.5 Å². The highest BCUT2D eigenvalue weighted by Gasteiger charge is 2.54. The van der Waals surface area contributed by atoms with E-state index in [0.717, 1.165) is 21.2 Å². The zero-order valence-electron chi connectivity index (χ0n) is 24.5. The number of imidazole rings is 1. The molecule has 4 aromatic rings. The maximum absolute atomic E-state index is 13.7. The summed E-state index contributed by atoms with van der Waals surface area (Å²) in [7, 11) is 0. The largest absolute Gasteiger partial charge is 0.477 e. The summed E-state index contributed by atoms with van der Waals surface area (Å²) in [6, 6.07) is 11.6. The third-order valence-electron chi connectivity index (χ3n) is 7.62. The number of carbonyl (C=O) groups excluding carboxylic acids is 3. The van der Waals surface area contributed by atoms with Crippen LogP contribution in [0.5, 0.6) is 0 Å². The summed E-state index contributed by atoms with van der Waals surface area (Å²) < 4.78 is 2.04. The van der Waals surface area contributed by atoms with E-state index in [1.54, 1.807) is 61.5 Å². The number of nitrogens with zero attached hydrogens (tertiary/aromatic N) is 4. The molecule has 4 heterocycles. The molecule has 1 saturated heterocycles. The predicted octanol–water partition coefficient (Wildman–Crippen LogP) is 0.424. The van der Waals surface area contributed by atoms with Gasteiger partial charge in [0.15, 0.2) is 5.16 Å². The highest BCUT2D eigenvalue weighted by atomic mass is 32.2. The summed E-state index contributed by atoms with van der Waals surface area (Å²) >= 11 is 2.28. The molecule has 0 bridgehead atoms. The average Bonchev–Trinajstić information content (AvgIpc) is 3.41. The molecule has 2 aromatic carbocycles. The Kier molecular flexibility index (Phi) is 8.61. The Hall–Kier alpha value is -5.36. The molecule has 0 spiro atoms. The molecule has 3 atom stereocenters. The monoisotopic (exact) mass is 678 g/mol. The Morgan fingerprint density at radius 2 is 1.81 bits per heavy atom. The van der Waals surface area contributed by atoms with Crippen molar-refractivity contribution in [1.29, 1.82) is 0 Å². The van der Waals surface area contributed by atoms with Gasteiger partial charge >= 0.3 is 28.8 Å². The zero-order chi connectivity index (χ0) is 33.4. The average molecular weight is 679 g/mol. The Morgan fingerprint density at radius 1 is 1.09 bits per heavy atom.